The molecule has 1 unspecified atom stereocenters. The number of aryl methyl sites for hydroxylation is 1. The molecule has 1 aromatic carbocycles. The van der Waals surface area contributed by atoms with Crippen molar-refractivity contribution >= 4 is 27.3 Å². The zero-order chi connectivity index (χ0) is 15.7. The van der Waals surface area contributed by atoms with Crippen molar-refractivity contribution in [1.29, 1.82) is 0 Å². The van der Waals surface area contributed by atoms with E-state index in [-0.39, 0.29) is 23.1 Å². The molecule has 0 aliphatic heterocycles. The van der Waals surface area contributed by atoms with Crippen molar-refractivity contribution in [2.45, 2.75) is 13.0 Å². The first-order valence-electron chi connectivity index (χ1n) is 7.01. The Balaban J connectivity index is 1.84. The van der Waals surface area contributed by atoms with Crippen molar-refractivity contribution < 1.29 is 4.79 Å². The maximum atomic E-state index is 12.3. The molecule has 5 heteroatoms. The van der Waals surface area contributed by atoms with Crippen LogP contribution >= 0.6 is 11.3 Å². The highest BCUT2D eigenvalue weighted by Gasteiger charge is 2.16. The lowest BCUT2D eigenvalue weighted by atomic mass is 10.2. The lowest BCUT2D eigenvalue weighted by molar-refractivity contribution is 0.0938. The fourth-order valence-electron chi connectivity index (χ4n) is 2.33. The summed E-state index contributed by atoms with van der Waals surface area (Å²) in [7, 11) is 1.63. The van der Waals surface area contributed by atoms with Gasteiger partial charge in [0.25, 0.3) is 11.5 Å². The number of hydrogen-bond donors (Lipinski definition) is 1. The lowest BCUT2D eigenvalue weighted by Crippen LogP contribution is -2.33. The molecule has 0 radical (unpaired) electrons. The number of carbonyl (C=O) groups is 1. The Labute approximate surface area is 132 Å². The SMILES string of the molecule is CC(NC(=O)c1cccn(C)c1=O)c1cc2ccccc2s1. The lowest BCUT2D eigenvalue weighted by Gasteiger charge is -2.12. The normalized spacial score (nSPS) is 12.3. The van der Waals surface area contributed by atoms with Crippen LogP contribution in [0.2, 0.25) is 0 Å². The molecule has 0 fully saturated rings. The number of carbonyl (C=O) groups excluding carboxylic acids is 1. The van der Waals surface area contributed by atoms with Gasteiger partial charge in [-0.05, 0) is 36.6 Å². The van der Waals surface area contributed by atoms with Crippen molar-refractivity contribution in [2.75, 3.05) is 0 Å². The third-order valence-corrected chi connectivity index (χ3v) is 4.89. The van der Waals surface area contributed by atoms with Crippen LogP contribution in [0.4, 0.5) is 0 Å². The van der Waals surface area contributed by atoms with E-state index in [0.29, 0.717) is 0 Å². The predicted octanol–water partition coefficient (Wildman–Crippen LogP) is 3.09. The average Bonchev–Trinajstić information content (AvgIpc) is 2.94. The van der Waals surface area contributed by atoms with E-state index in [0.717, 1.165) is 4.88 Å². The zero-order valence-electron chi connectivity index (χ0n) is 12.4. The van der Waals surface area contributed by atoms with Gasteiger partial charge in [-0.1, -0.05) is 18.2 Å². The molecule has 1 atom stereocenters. The van der Waals surface area contributed by atoms with E-state index < -0.39 is 0 Å². The van der Waals surface area contributed by atoms with Gasteiger partial charge in [0.2, 0.25) is 0 Å². The Morgan fingerprint density at radius 1 is 1.23 bits per heavy atom. The van der Waals surface area contributed by atoms with Crippen LogP contribution < -0.4 is 10.9 Å². The fourth-order valence-corrected chi connectivity index (χ4v) is 3.40. The molecule has 0 bridgehead atoms. The monoisotopic (exact) mass is 312 g/mol. The maximum absolute atomic E-state index is 12.3. The molecule has 3 rings (SSSR count). The van der Waals surface area contributed by atoms with Crippen LogP contribution in [0.3, 0.4) is 0 Å². The first kappa shape index (κ1) is 14.5. The second-order valence-corrected chi connectivity index (χ2v) is 6.34. The maximum Gasteiger partial charge on any atom is 0.263 e. The summed E-state index contributed by atoms with van der Waals surface area (Å²) in [5.74, 6) is -0.342. The molecule has 112 valence electrons. The van der Waals surface area contributed by atoms with E-state index in [1.165, 1.54) is 14.7 Å². The molecule has 0 saturated carbocycles. The van der Waals surface area contributed by atoms with Gasteiger partial charge in [-0.2, -0.15) is 0 Å². The number of nitrogens with one attached hydrogen (secondary N) is 1. The van der Waals surface area contributed by atoms with E-state index >= 15 is 0 Å². The van der Waals surface area contributed by atoms with E-state index in [1.807, 2.05) is 19.1 Å². The molecule has 4 nitrogen and oxygen atoms in total. The summed E-state index contributed by atoms with van der Waals surface area (Å²) >= 11 is 1.65. The molecule has 1 N–H and O–H groups in total. The third kappa shape index (κ3) is 2.67. The first-order valence-corrected chi connectivity index (χ1v) is 7.83. The summed E-state index contributed by atoms with van der Waals surface area (Å²) in [6.45, 7) is 1.93. The fraction of sp³-hybridized carbons (Fsp3) is 0.176. The van der Waals surface area contributed by atoms with E-state index in [2.05, 4.69) is 23.5 Å². The van der Waals surface area contributed by atoms with Gasteiger partial charge in [0.1, 0.15) is 5.56 Å². The second kappa shape index (κ2) is 5.77. The minimum Gasteiger partial charge on any atom is -0.345 e. The molecule has 0 spiro atoms. The average molecular weight is 312 g/mol. The van der Waals surface area contributed by atoms with Crippen molar-refractivity contribution in [3.05, 3.63) is 69.5 Å². The number of pyridine rings is 1. The predicted molar refractivity (Wildman–Crippen MR) is 89.4 cm³/mol. The van der Waals surface area contributed by atoms with Crippen LogP contribution in [0.15, 0.2) is 53.5 Å². The van der Waals surface area contributed by atoms with E-state index in [9.17, 15) is 9.59 Å². The largest absolute Gasteiger partial charge is 0.345 e. The quantitative estimate of drug-likeness (QED) is 0.808. The van der Waals surface area contributed by atoms with Gasteiger partial charge in [-0.3, -0.25) is 9.59 Å². The highest BCUT2D eigenvalue weighted by atomic mass is 32.1. The van der Waals surface area contributed by atoms with E-state index in [1.54, 1.807) is 36.7 Å². The number of aromatic nitrogens is 1. The molecule has 3 aromatic rings. The number of hydrogen-bond acceptors (Lipinski definition) is 3. The summed E-state index contributed by atoms with van der Waals surface area (Å²) in [4.78, 5) is 25.3. The highest BCUT2D eigenvalue weighted by molar-refractivity contribution is 7.19. The molecule has 2 aromatic heterocycles. The second-order valence-electron chi connectivity index (χ2n) is 5.22. The Morgan fingerprint density at radius 2 is 2.00 bits per heavy atom. The minimum atomic E-state index is -0.342. The molecular formula is C17H16N2O2S. The van der Waals surface area contributed by atoms with Crippen LogP contribution in [0, 0.1) is 0 Å². The van der Waals surface area contributed by atoms with Crippen LogP contribution in [-0.4, -0.2) is 10.5 Å². The number of thiophene rings is 1. The smallest absolute Gasteiger partial charge is 0.263 e. The topological polar surface area (TPSA) is 51.1 Å². The molecule has 22 heavy (non-hydrogen) atoms. The number of fused-ring (bicyclic) bond motifs is 1. The highest BCUT2D eigenvalue weighted by Crippen LogP contribution is 2.29. The summed E-state index contributed by atoms with van der Waals surface area (Å²) in [5, 5.41) is 4.07. The Morgan fingerprint density at radius 3 is 2.77 bits per heavy atom. The van der Waals surface area contributed by atoms with Gasteiger partial charge in [-0.25, -0.2) is 0 Å². The summed E-state index contributed by atoms with van der Waals surface area (Å²) in [6, 6.07) is 13.3. The van der Waals surface area contributed by atoms with Crippen molar-refractivity contribution in [1.82, 2.24) is 9.88 Å². The van der Waals surface area contributed by atoms with Gasteiger partial charge in [0.15, 0.2) is 0 Å². The Hall–Kier alpha value is -2.40. The van der Waals surface area contributed by atoms with Crippen molar-refractivity contribution in [3.8, 4) is 0 Å². The number of rotatable bonds is 3. The molecule has 2 heterocycles. The molecular weight excluding hydrogens is 296 g/mol. The summed E-state index contributed by atoms with van der Waals surface area (Å²) < 4.78 is 2.59. The van der Waals surface area contributed by atoms with Gasteiger partial charge in [-0.15, -0.1) is 11.3 Å². The van der Waals surface area contributed by atoms with Crippen molar-refractivity contribution in [3.63, 3.8) is 0 Å². The van der Waals surface area contributed by atoms with Crippen molar-refractivity contribution in [2.24, 2.45) is 7.05 Å². The Bertz CT molecular complexity index is 862. The molecule has 0 saturated heterocycles. The Kier molecular flexibility index (Phi) is 3.81. The number of benzene rings is 1. The molecule has 0 aliphatic carbocycles. The van der Waals surface area contributed by atoms with Crippen LogP contribution in [0.1, 0.15) is 28.2 Å². The third-order valence-electron chi connectivity index (χ3n) is 3.59. The zero-order valence-corrected chi connectivity index (χ0v) is 13.2. The van der Waals surface area contributed by atoms with Crippen LogP contribution in [0.25, 0.3) is 10.1 Å². The van der Waals surface area contributed by atoms with E-state index in [4.69, 9.17) is 0 Å². The van der Waals surface area contributed by atoms with Crippen LogP contribution in [0.5, 0.6) is 0 Å². The van der Waals surface area contributed by atoms with Crippen LogP contribution in [-0.2, 0) is 7.05 Å². The van der Waals surface area contributed by atoms with Gasteiger partial charge >= 0.3 is 0 Å². The molecule has 1 amide bonds. The summed E-state index contributed by atoms with van der Waals surface area (Å²) in [6.07, 6.45) is 1.63. The first-order chi connectivity index (χ1) is 10.6. The molecule has 0 aliphatic rings. The minimum absolute atomic E-state index is 0.144. The van der Waals surface area contributed by atoms with Gasteiger partial charge < -0.3 is 9.88 Å². The number of amides is 1. The van der Waals surface area contributed by atoms with Gasteiger partial charge in [0, 0.05) is 22.8 Å². The summed E-state index contributed by atoms with van der Waals surface area (Å²) in [5.41, 5.74) is -0.124. The standard InChI is InChI=1S/C17H16N2O2S/c1-11(15-10-12-6-3-4-8-14(12)22-15)18-16(20)13-7-5-9-19(2)17(13)21/h3-11H,1-2H3,(H,18,20). The van der Waals surface area contributed by atoms with Gasteiger partial charge in [0.05, 0.1) is 6.04 Å². The number of nitrogens with zero attached hydrogens (tertiary/aromatic N) is 1.